The lowest BCUT2D eigenvalue weighted by atomic mass is 10.1. The van der Waals surface area contributed by atoms with Crippen molar-refractivity contribution in [2.24, 2.45) is 0 Å². The van der Waals surface area contributed by atoms with Crippen molar-refractivity contribution in [1.82, 2.24) is 19.9 Å². The average Bonchev–Trinajstić information content (AvgIpc) is 3.84. The molecule has 12 heteroatoms. The van der Waals surface area contributed by atoms with Crippen LogP contribution in [0, 0.1) is 6.92 Å². The Bertz CT molecular complexity index is 2090. The van der Waals surface area contributed by atoms with Crippen molar-refractivity contribution in [1.29, 1.82) is 0 Å². The van der Waals surface area contributed by atoms with Crippen molar-refractivity contribution < 1.29 is 9.59 Å². The zero-order valence-corrected chi connectivity index (χ0v) is 28.6. The van der Waals surface area contributed by atoms with Gasteiger partial charge in [-0.15, -0.1) is 22.7 Å². The highest BCUT2D eigenvalue weighted by Gasteiger charge is 2.16. The fourth-order valence-electron chi connectivity index (χ4n) is 5.48. The molecule has 1 saturated heterocycles. The number of benzene rings is 2. The number of amides is 2. The summed E-state index contributed by atoms with van der Waals surface area (Å²) >= 11 is 3.05. The fourth-order valence-corrected chi connectivity index (χ4v) is 7.22. The van der Waals surface area contributed by atoms with Gasteiger partial charge in [0, 0.05) is 71.0 Å². The molecule has 0 unspecified atom stereocenters. The quantitative estimate of drug-likeness (QED) is 0.142. The number of pyridine rings is 1. The Labute approximate surface area is 292 Å². The first-order valence-corrected chi connectivity index (χ1v) is 17.5. The third-order valence-electron chi connectivity index (χ3n) is 8.28. The summed E-state index contributed by atoms with van der Waals surface area (Å²) < 4.78 is 0. The maximum Gasteiger partial charge on any atom is 0.265 e. The molecule has 6 aromatic rings. The zero-order chi connectivity index (χ0) is 33.7. The molecule has 0 spiro atoms. The number of hydrogen-bond donors (Lipinski definition) is 3. The number of nitrogens with zero attached hydrogens (tertiary/aromatic N) is 5. The summed E-state index contributed by atoms with van der Waals surface area (Å²) in [4.78, 5) is 47.0. The molecule has 2 aromatic carbocycles. The summed E-state index contributed by atoms with van der Waals surface area (Å²) in [5.41, 5.74) is 6.09. The topological polar surface area (TPSA) is 115 Å². The van der Waals surface area contributed by atoms with E-state index in [1.54, 1.807) is 29.7 Å². The van der Waals surface area contributed by atoms with E-state index in [-0.39, 0.29) is 11.8 Å². The summed E-state index contributed by atoms with van der Waals surface area (Å²) in [5.74, 6) is -0.156. The van der Waals surface area contributed by atoms with Gasteiger partial charge in [-0.1, -0.05) is 24.3 Å². The highest BCUT2D eigenvalue weighted by Crippen LogP contribution is 2.32. The summed E-state index contributed by atoms with van der Waals surface area (Å²) in [6.07, 6.45) is 4.72. The van der Waals surface area contributed by atoms with Crippen LogP contribution in [0.3, 0.4) is 0 Å². The second kappa shape index (κ2) is 14.4. The van der Waals surface area contributed by atoms with Gasteiger partial charge in [-0.2, -0.15) is 0 Å². The number of anilines is 5. The number of aromatic nitrogens is 3. The number of carbonyl (C=O) groups excluding carboxylic acids is 2. The average molecular weight is 687 g/mol. The molecule has 0 saturated carbocycles. The van der Waals surface area contributed by atoms with E-state index in [0.29, 0.717) is 27.8 Å². The Morgan fingerprint density at radius 1 is 0.816 bits per heavy atom. The molecule has 5 heterocycles. The lowest BCUT2D eigenvalue weighted by Gasteiger charge is -2.34. The molecule has 49 heavy (non-hydrogen) atoms. The number of nitrogens with one attached hydrogen (secondary N) is 3. The predicted octanol–water partition coefficient (Wildman–Crippen LogP) is 7.64. The van der Waals surface area contributed by atoms with Crippen LogP contribution in [-0.2, 0) is 0 Å². The Morgan fingerprint density at radius 2 is 1.63 bits per heavy atom. The molecule has 10 nitrogen and oxygen atoms in total. The van der Waals surface area contributed by atoms with Gasteiger partial charge < -0.3 is 25.8 Å². The van der Waals surface area contributed by atoms with E-state index >= 15 is 0 Å². The van der Waals surface area contributed by atoms with Crippen molar-refractivity contribution in [2.75, 3.05) is 54.1 Å². The van der Waals surface area contributed by atoms with Crippen LogP contribution in [0.5, 0.6) is 0 Å². The van der Waals surface area contributed by atoms with Crippen LogP contribution in [0.25, 0.3) is 21.0 Å². The summed E-state index contributed by atoms with van der Waals surface area (Å²) in [5, 5.41) is 11.1. The SMILES string of the molecule is Cc1ccc(NC(=O)c2cncc(NC(=O)c3ccc(-c4cccs4)s3)c2)cc1Nc1nccc(-c2ccc(N3CCN(C)CC3)cc2)n1. The first-order chi connectivity index (χ1) is 23.9. The van der Waals surface area contributed by atoms with E-state index in [0.717, 1.165) is 58.4 Å². The number of rotatable bonds is 9. The van der Waals surface area contributed by atoms with Crippen LogP contribution in [0.15, 0.2) is 103 Å². The number of hydrogen-bond acceptors (Lipinski definition) is 10. The minimum atomic E-state index is -0.354. The predicted molar refractivity (Wildman–Crippen MR) is 199 cm³/mol. The minimum Gasteiger partial charge on any atom is -0.369 e. The number of piperazine rings is 1. The van der Waals surface area contributed by atoms with Crippen LogP contribution in [0.1, 0.15) is 25.6 Å². The van der Waals surface area contributed by atoms with Crippen LogP contribution in [0.2, 0.25) is 0 Å². The van der Waals surface area contributed by atoms with Gasteiger partial charge in [0.25, 0.3) is 11.8 Å². The molecule has 3 N–H and O–H groups in total. The van der Waals surface area contributed by atoms with Crippen molar-refractivity contribution in [2.45, 2.75) is 6.92 Å². The van der Waals surface area contributed by atoms with Gasteiger partial charge >= 0.3 is 0 Å². The van der Waals surface area contributed by atoms with Crippen molar-refractivity contribution in [3.05, 3.63) is 119 Å². The van der Waals surface area contributed by atoms with Gasteiger partial charge in [-0.25, -0.2) is 9.97 Å². The number of thiophene rings is 2. The molecule has 0 bridgehead atoms. The molecule has 0 atom stereocenters. The molecule has 1 aliphatic heterocycles. The number of likely N-dealkylation sites (N-methyl/N-ethyl adjacent to an activating group) is 1. The minimum absolute atomic E-state index is 0.254. The number of carbonyl (C=O) groups is 2. The van der Waals surface area contributed by atoms with E-state index in [1.165, 1.54) is 29.4 Å². The van der Waals surface area contributed by atoms with E-state index in [1.807, 2.05) is 54.8 Å². The fraction of sp³-hybridized carbons (Fsp3) is 0.162. The highest BCUT2D eigenvalue weighted by molar-refractivity contribution is 7.22. The summed E-state index contributed by atoms with van der Waals surface area (Å²) in [7, 11) is 2.16. The Kier molecular flexibility index (Phi) is 9.42. The van der Waals surface area contributed by atoms with Gasteiger partial charge in [0.2, 0.25) is 5.95 Å². The normalized spacial score (nSPS) is 13.2. The van der Waals surface area contributed by atoms with Crippen molar-refractivity contribution >= 4 is 63.2 Å². The van der Waals surface area contributed by atoms with Gasteiger partial charge in [0.1, 0.15) is 0 Å². The molecule has 7 rings (SSSR count). The molecule has 4 aromatic heterocycles. The third kappa shape index (κ3) is 7.67. The zero-order valence-electron chi connectivity index (χ0n) is 27.0. The summed E-state index contributed by atoms with van der Waals surface area (Å²) in [6.45, 7) is 6.13. The van der Waals surface area contributed by atoms with Gasteiger partial charge in [-0.3, -0.25) is 14.6 Å². The molecule has 2 amide bonds. The van der Waals surface area contributed by atoms with Crippen molar-refractivity contribution in [3.63, 3.8) is 0 Å². The molecule has 1 fully saturated rings. The lowest BCUT2D eigenvalue weighted by Crippen LogP contribution is -2.44. The van der Waals surface area contributed by atoms with Gasteiger partial charge in [0.15, 0.2) is 0 Å². The largest absolute Gasteiger partial charge is 0.369 e. The Morgan fingerprint density at radius 3 is 2.43 bits per heavy atom. The van der Waals surface area contributed by atoms with E-state index < -0.39 is 0 Å². The molecule has 0 radical (unpaired) electrons. The second-order valence-electron chi connectivity index (χ2n) is 11.8. The Balaban J connectivity index is 0.997. The van der Waals surface area contributed by atoms with Crippen LogP contribution < -0.4 is 20.9 Å². The lowest BCUT2D eigenvalue weighted by molar-refractivity contribution is 0.101. The maximum absolute atomic E-state index is 13.2. The standard InChI is InChI=1S/C37H34N8O2S2/c1-24-5-8-27(40-35(46)26-20-28(23-38-22-26)41-36(47)34-12-11-33(49-34)32-4-3-19-48-32)21-31(24)43-37-39-14-13-30(42-37)25-6-9-29(10-7-25)45-17-15-44(2)16-18-45/h3-14,19-23H,15-18H2,1-2H3,(H,40,46)(H,41,47)(H,39,42,43). The van der Waals surface area contributed by atoms with E-state index in [4.69, 9.17) is 4.98 Å². The molecular weight excluding hydrogens is 653 g/mol. The first-order valence-electron chi connectivity index (χ1n) is 15.8. The molecule has 0 aliphatic carbocycles. The van der Waals surface area contributed by atoms with Gasteiger partial charge in [-0.05, 0) is 79.5 Å². The smallest absolute Gasteiger partial charge is 0.265 e. The van der Waals surface area contributed by atoms with Crippen LogP contribution >= 0.6 is 22.7 Å². The first kappa shape index (κ1) is 32.1. The second-order valence-corrected chi connectivity index (χ2v) is 13.8. The van der Waals surface area contributed by atoms with E-state index in [2.05, 4.69) is 67.0 Å². The van der Waals surface area contributed by atoms with Gasteiger partial charge in [0.05, 0.1) is 28.0 Å². The maximum atomic E-state index is 13.2. The molecule has 1 aliphatic rings. The van der Waals surface area contributed by atoms with E-state index in [9.17, 15) is 9.59 Å². The monoisotopic (exact) mass is 686 g/mol. The van der Waals surface area contributed by atoms with Crippen LogP contribution in [-0.4, -0.2) is 64.9 Å². The van der Waals surface area contributed by atoms with Crippen molar-refractivity contribution in [3.8, 4) is 21.0 Å². The third-order valence-corrected chi connectivity index (χ3v) is 10.4. The molecular formula is C37H34N8O2S2. The summed E-state index contributed by atoms with van der Waals surface area (Å²) in [6, 6.07) is 25.3. The number of aryl methyl sites for hydroxylation is 1. The van der Waals surface area contributed by atoms with Crippen LogP contribution in [0.4, 0.5) is 28.7 Å². The Hall–Kier alpha value is -5.43. The highest BCUT2D eigenvalue weighted by atomic mass is 32.1. The molecule has 246 valence electrons.